The highest BCUT2D eigenvalue weighted by atomic mass is 32.1. The van der Waals surface area contributed by atoms with Crippen molar-refractivity contribution in [3.8, 4) is 0 Å². The van der Waals surface area contributed by atoms with Crippen LogP contribution in [0.5, 0.6) is 0 Å². The molecular weight excluding hydrogens is 206 g/mol. The van der Waals surface area contributed by atoms with Crippen LogP contribution in [0.25, 0.3) is 0 Å². The standard InChI is InChI=1S/C12H19NOS/c1-13-7-4-11-2-3-12(15-11)10-5-8-14-9-6-10/h2-3,10,13H,4-9H2,1H3. The van der Waals surface area contributed by atoms with E-state index in [9.17, 15) is 0 Å². The van der Waals surface area contributed by atoms with Crippen LogP contribution in [-0.2, 0) is 11.2 Å². The predicted octanol–water partition coefficient (Wildman–Crippen LogP) is 2.40. The number of thiophene rings is 1. The molecule has 1 aromatic heterocycles. The second-order valence-electron chi connectivity index (χ2n) is 4.04. The van der Waals surface area contributed by atoms with Crippen molar-refractivity contribution in [2.24, 2.45) is 0 Å². The van der Waals surface area contributed by atoms with Crippen molar-refractivity contribution in [3.63, 3.8) is 0 Å². The lowest BCUT2D eigenvalue weighted by molar-refractivity contribution is 0.0860. The summed E-state index contributed by atoms with van der Waals surface area (Å²) in [6, 6.07) is 4.60. The molecule has 1 saturated heterocycles. The zero-order valence-corrected chi connectivity index (χ0v) is 10.1. The highest BCUT2D eigenvalue weighted by Gasteiger charge is 2.17. The van der Waals surface area contributed by atoms with Crippen LogP contribution in [0.2, 0.25) is 0 Å². The summed E-state index contributed by atoms with van der Waals surface area (Å²) < 4.78 is 5.39. The third-order valence-electron chi connectivity index (χ3n) is 2.93. The van der Waals surface area contributed by atoms with Gasteiger partial charge in [-0.2, -0.15) is 0 Å². The van der Waals surface area contributed by atoms with Crippen molar-refractivity contribution >= 4 is 11.3 Å². The molecular formula is C12H19NOS. The summed E-state index contributed by atoms with van der Waals surface area (Å²) >= 11 is 1.98. The fourth-order valence-corrected chi connectivity index (χ4v) is 3.16. The van der Waals surface area contributed by atoms with E-state index in [1.54, 1.807) is 4.88 Å². The second-order valence-corrected chi connectivity index (χ2v) is 5.24. The highest BCUT2D eigenvalue weighted by Crippen LogP contribution is 2.32. The normalized spacial score (nSPS) is 18.2. The fraction of sp³-hybridized carbons (Fsp3) is 0.667. The molecule has 1 aliphatic heterocycles. The second kappa shape index (κ2) is 5.64. The van der Waals surface area contributed by atoms with Crippen molar-refractivity contribution in [3.05, 3.63) is 21.9 Å². The van der Waals surface area contributed by atoms with Crippen molar-refractivity contribution in [1.29, 1.82) is 0 Å². The first-order valence-electron chi connectivity index (χ1n) is 5.71. The van der Waals surface area contributed by atoms with Gasteiger partial charge in [0, 0.05) is 23.0 Å². The molecule has 84 valence electrons. The molecule has 0 amide bonds. The van der Waals surface area contributed by atoms with Crippen molar-refractivity contribution in [2.45, 2.75) is 25.2 Å². The minimum absolute atomic E-state index is 0.757. The van der Waals surface area contributed by atoms with Gasteiger partial charge < -0.3 is 10.1 Å². The average molecular weight is 225 g/mol. The van der Waals surface area contributed by atoms with E-state index in [0.717, 1.165) is 32.1 Å². The zero-order valence-electron chi connectivity index (χ0n) is 9.29. The summed E-state index contributed by atoms with van der Waals surface area (Å²) in [6.45, 7) is 2.95. The molecule has 1 N–H and O–H groups in total. The SMILES string of the molecule is CNCCc1ccc(C2CCOCC2)s1. The summed E-state index contributed by atoms with van der Waals surface area (Å²) in [6.07, 6.45) is 3.56. The third-order valence-corrected chi connectivity index (χ3v) is 4.24. The lowest BCUT2D eigenvalue weighted by Gasteiger charge is -2.20. The summed E-state index contributed by atoms with van der Waals surface area (Å²) in [5.41, 5.74) is 0. The molecule has 1 aliphatic rings. The lowest BCUT2D eigenvalue weighted by atomic mass is 9.99. The van der Waals surface area contributed by atoms with E-state index in [4.69, 9.17) is 4.74 Å². The van der Waals surface area contributed by atoms with Gasteiger partial charge in [-0.25, -0.2) is 0 Å². The van der Waals surface area contributed by atoms with Gasteiger partial charge in [0.15, 0.2) is 0 Å². The Bertz CT molecular complexity index is 292. The van der Waals surface area contributed by atoms with Crippen LogP contribution < -0.4 is 5.32 Å². The number of rotatable bonds is 4. The summed E-state index contributed by atoms with van der Waals surface area (Å²) in [7, 11) is 2.01. The Hall–Kier alpha value is -0.380. The molecule has 0 saturated carbocycles. The predicted molar refractivity (Wildman–Crippen MR) is 64.7 cm³/mol. The monoisotopic (exact) mass is 225 g/mol. The van der Waals surface area contributed by atoms with Crippen LogP contribution in [-0.4, -0.2) is 26.8 Å². The molecule has 0 aromatic carbocycles. The van der Waals surface area contributed by atoms with Crippen molar-refractivity contribution in [2.75, 3.05) is 26.8 Å². The first-order valence-corrected chi connectivity index (χ1v) is 6.53. The smallest absolute Gasteiger partial charge is 0.0472 e. The summed E-state index contributed by atoms with van der Waals surface area (Å²) in [5, 5.41) is 3.19. The first kappa shape index (κ1) is 11.1. The molecule has 0 aliphatic carbocycles. The van der Waals surface area contributed by atoms with Crippen molar-refractivity contribution < 1.29 is 4.74 Å². The van der Waals surface area contributed by atoms with Crippen LogP contribution in [0.4, 0.5) is 0 Å². The van der Waals surface area contributed by atoms with Gasteiger partial charge in [0.05, 0.1) is 0 Å². The summed E-state index contributed by atoms with van der Waals surface area (Å²) in [4.78, 5) is 3.07. The average Bonchev–Trinajstić information content (AvgIpc) is 2.76. The van der Waals surface area contributed by atoms with Gasteiger partial charge in [0.25, 0.3) is 0 Å². The Morgan fingerprint density at radius 2 is 2.20 bits per heavy atom. The molecule has 0 bridgehead atoms. The third kappa shape index (κ3) is 3.03. The Kier molecular flexibility index (Phi) is 4.18. The van der Waals surface area contributed by atoms with Gasteiger partial charge in [-0.1, -0.05) is 0 Å². The Balaban J connectivity index is 1.93. The molecule has 2 heterocycles. The van der Waals surface area contributed by atoms with E-state index in [1.165, 1.54) is 17.7 Å². The van der Waals surface area contributed by atoms with Gasteiger partial charge in [-0.15, -0.1) is 11.3 Å². The minimum atomic E-state index is 0.757. The number of nitrogens with one attached hydrogen (secondary N) is 1. The number of ether oxygens (including phenoxy) is 1. The minimum Gasteiger partial charge on any atom is -0.381 e. The van der Waals surface area contributed by atoms with Crippen LogP contribution in [0.3, 0.4) is 0 Å². The number of likely N-dealkylation sites (N-methyl/N-ethyl adjacent to an activating group) is 1. The zero-order chi connectivity index (χ0) is 10.5. The molecule has 2 rings (SSSR count). The van der Waals surface area contributed by atoms with Gasteiger partial charge in [-0.05, 0) is 50.9 Å². The van der Waals surface area contributed by atoms with Crippen molar-refractivity contribution in [1.82, 2.24) is 5.32 Å². The van der Waals surface area contributed by atoms with Crippen LogP contribution in [0, 0.1) is 0 Å². The number of hydrogen-bond acceptors (Lipinski definition) is 3. The molecule has 3 heteroatoms. The number of hydrogen-bond donors (Lipinski definition) is 1. The van der Waals surface area contributed by atoms with E-state index in [0.29, 0.717) is 0 Å². The van der Waals surface area contributed by atoms with Crippen LogP contribution in [0.15, 0.2) is 12.1 Å². The molecule has 0 unspecified atom stereocenters. The van der Waals surface area contributed by atoms with Gasteiger partial charge in [0.1, 0.15) is 0 Å². The molecule has 15 heavy (non-hydrogen) atoms. The topological polar surface area (TPSA) is 21.3 Å². The first-order chi connectivity index (χ1) is 7.40. The largest absolute Gasteiger partial charge is 0.381 e. The van der Waals surface area contributed by atoms with E-state index in [1.807, 2.05) is 18.4 Å². The maximum Gasteiger partial charge on any atom is 0.0472 e. The summed E-state index contributed by atoms with van der Waals surface area (Å²) in [5.74, 6) is 0.757. The highest BCUT2D eigenvalue weighted by molar-refractivity contribution is 7.12. The van der Waals surface area contributed by atoms with Gasteiger partial charge in [0.2, 0.25) is 0 Å². The van der Waals surface area contributed by atoms with E-state index in [2.05, 4.69) is 17.4 Å². The molecule has 1 fully saturated rings. The Morgan fingerprint density at radius 1 is 1.40 bits per heavy atom. The maximum absolute atomic E-state index is 5.39. The van der Waals surface area contributed by atoms with E-state index < -0.39 is 0 Å². The fourth-order valence-electron chi connectivity index (χ4n) is 1.98. The van der Waals surface area contributed by atoms with Crippen LogP contribution >= 0.6 is 11.3 Å². The molecule has 0 atom stereocenters. The molecule has 0 spiro atoms. The molecule has 0 radical (unpaired) electrons. The van der Waals surface area contributed by atoms with E-state index in [-0.39, 0.29) is 0 Å². The Morgan fingerprint density at radius 3 is 2.93 bits per heavy atom. The molecule has 2 nitrogen and oxygen atoms in total. The molecule has 1 aromatic rings. The van der Waals surface area contributed by atoms with Gasteiger partial charge >= 0.3 is 0 Å². The quantitative estimate of drug-likeness (QED) is 0.849. The van der Waals surface area contributed by atoms with Gasteiger partial charge in [-0.3, -0.25) is 0 Å². The Labute approximate surface area is 95.6 Å². The van der Waals surface area contributed by atoms with E-state index >= 15 is 0 Å². The lowest BCUT2D eigenvalue weighted by Crippen LogP contribution is -2.13. The maximum atomic E-state index is 5.39. The van der Waals surface area contributed by atoms with Crippen LogP contribution in [0.1, 0.15) is 28.5 Å².